The highest BCUT2D eigenvalue weighted by Gasteiger charge is 2.29. The largest absolute Gasteiger partial charge is 0.342 e. The van der Waals surface area contributed by atoms with Crippen molar-refractivity contribution in [2.45, 2.75) is 39.3 Å². The number of hydrogen-bond donors (Lipinski definition) is 1. The van der Waals surface area contributed by atoms with Crippen LogP contribution < -0.4 is 5.32 Å². The van der Waals surface area contributed by atoms with Gasteiger partial charge in [0, 0.05) is 37.9 Å². The number of nitrogens with zero attached hydrogens (tertiary/aromatic N) is 3. The number of carbonyl (C=O) groups is 1. The molecule has 0 aliphatic heterocycles. The maximum atomic E-state index is 11.8. The Kier molecular flexibility index (Phi) is 3.71. The summed E-state index contributed by atoms with van der Waals surface area (Å²) in [4.78, 5) is 13.7. The van der Waals surface area contributed by atoms with Gasteiger partial charge in [-0.2, -0.15) is 5.10 Å². The first-order valence-corrected chi connectivity index (χ1v) is 6.46. The normalized spacial score (nSPS) is 14.9. The molecule has 5 heteroatoms. The molecule has 2 rings (SSSR count). The summed E-state index contributed by atoms with van der Waals surface area (Å²) in [6.45, 7) is 5.16. The Morgan fingerprint density at radius 1 is 1.50 bits per heavy atom. The Hall–Kier alpha value is -1.36. The van der Waals surface area contributed by atoms with Crippen LogP contribution in [0.15, 0.2) is 0 Å². The quantitative estimate of drug-likeness (QED) is 0.839. The SMILES string of the molecule is Cc1nn(C)c(C)c1CNCC(=O)N(C)C1CC1. The lowest BCUT2D eigenvalue weighted by Gasteiger charge is -2.16. The van der Waals surface area contributed by atoms with Crippen LogP contribution in [0.5, 0.6) is 0 Å². The van der Waals surface area contributed by atoms with Gasteiger partial charge in [-0.25, -0.2) is 0 Å². The van der Waals surface area contributed by atoms with E-state index < -0.39 is 0 Å². The molecule has 1 N–H and O–H groups in total. The van der Waals surface area contributed by atoms with Crippen molar-refractivity contribution in [1.29, 1.82) is 0 Å². The van der Waals surface area contributed by atoms with Crippen molar-refractivity contribution in [3.05, 3.63) is 17.0 Å². The second-order valence-electron chi connectivity index (χ2n) is 5.11. The number of nitrogens with one attached hydrogen (secondary N) is 1. The molecular formula is C13H22N4O. The Morgan fingerprint density at radius 3 is 2.67 bits per heavy atom. The third-order valence-corrected chi connectivity index (χ3v) is 3.72. The van der Waals surface area contributed by atoms with Gasteiger partial charge < -0.3 is 10.2 Å². The summed E-state index contributed by atoms with van der Waals surface area (Å²) in [5.41, 5.74) is 3.38. The van der Waals surface area contributed by atoms with Gasteiger partial charge >= 0.3 is 0 Å². The smallest absolute Gasteiger partial charge is 0.236 e. The van der Waals surface area contributed by atoms with Crippen molar-refractivity contribution < 1.29 is 4.79 Å². The highest BCUT2D eigenvalue weighted by Crippen LogP contribution is 2.25. The van der Waals surface area contributed by atoms with Gasteiger partial charge in [-0.15, -0.1) is 0 Å². The van der Waals surface area contributed by atoms with Gasteiger partial charge in [-0.05, 0) is 26.7 Å². The van der Waals surface area contributed by atoms with E-state index in [9.17, 15) is 4.79 Å². The third kappa shape index (κ3) is 2.72. The molecule has 1 amide bonds. The molecule has 18 heavy (non-hydrogen) atoms. The molecular weight excluding hydrogens is 228 g/mol. The van der Waals surface area contributed by atoms with Gasteiger partial charge in [0.1, 0.15) is 0 Å². The summed E-state index contributed by atoms with van der Waals surface area (Å²) in [5, 5.41) is 7.58. The van der Waals surface area contributed by atoms with Crippen molar-refractivity contribution in [3.8, 4) is 0 Å². The third-order valence-electron chi connectivity index (χ3n) is 3.72. The highest BCUT2D eigenvalue weighted by molar-refractivity contribution is 5.78. The Balaban J connectivity index is 1.82. The molecule has 1 aromatic rings. The zero-order valence-electron chi connectivity index (χ0n) is 11.7. The maximum Gasteiger partial charge on any atom is 0.236 e. The van der Waals surface area contributed by atoms with Gasteiger partial charge in [0.05, 0.1) is 12.2 Å². The number of carbonyl (C=O) groups excluding carboxylic acids is 1. The monoisotopic (exact) mass is 250 g/mol. The molecule has 5 nitrogen and oxygen atoms in total. The maximum absolute atomic E-state index is 11.8. The predicted octanol–water partition coefficient (Wildman–Crippen LogP) is 0.747. The van der Waals surface area contributed by atoms with Gasteiger partial charge in [0.25, 0.3) is 0 Å². The van der Waals surface area contributed by atoms with E-state index in [1.54, 1.807) is 0 Å². The fourth-order valence-electron chi connectivity index (χ4n) is 2.16. The van der Waals surface area contributed by atoms with E-state index >= 15 is 0 Å². The molecule has 0 unspecified atom stereocenters. The van der Waals surface area contributed by atoms with Crippen LogP contribution >= 0.6 is 0 Å². The van der Waals surface area contributed by atoms with Gasteiger partial charge in [0.15, 0.2) is 0 Å². The molecule has 1 fully saturated rings. The Bertz CT molecular complexity index is 448. The standard InChI is InChI=1S/C13H22N4O/c1-9-12(10(2)17(4)15-9)7-14-8-13(18)16(3)11-5-6-11/h11,14H,5-8H2,1-4H3. The molecule has 0 saturated heterocycles. The van der Waals surface area contributed by atoms with Crippen molar-refractivity contribution in [2.75, 3.05) is 13.6 Å². The van der Waals surface area contributed by atoms with Gasteiger partial charge in [0.2, 0.25) is 5.91 Å². The lowest BCUT2D eigenvalue weighted by molar-refractivity contribution is -0.129. The topological polar surface area (TPSA) is 50.2 Å². The van der Waals surface area contributed by atoms with Crippen molar-refractivity contribution >= 4 is 5.91 Å². The number of hydrogen-bond acceptors (Lipinski definition) is 3. The molecule has 1 heterocycles. The van der Waals surface area contributed by atoms with Crippen LogP contribution in [-0.4, -0.2) is 40.2 Å². The zero-order chi connectivity index (χ0) is 13.3. The van der Waals surface area contributed by atoms with Crippen LogP contribution in [-0.2, 0) is 18.4 Å². The van der Waals surface area contributed by atoms with Crippen LogP contribution in [0.1, 0.15) is 29.8 Å². The summed E-state index contributed by atoms with van der Waals surface area (Å²) in [6, 6.07) is 0.487. The number of aromatic nitrogens is 2. The zero-order valence-corrected chi connectivity index (χ0v) is 11.7. The molecule has 0 spiro atoms. The van der Waals surface area contributed by atoms with Crippen molar-refractivity contribution in [2.24, 2.45) is 7.05 Å². The minimum Gasteiger partial charge on any atom is -0.342 e. The van der Waals surface area contributed by atoms with Crippen molar-refractivity contribution in [1.82, 2.24) is 20.0 Å². The summed E-state index contributed by atoms with van der Waals surface area (Å²) in [5.74, 6) is 0.177. The molecule has 1 saturated carbocycles. The second-order valence-corrected chi connectivity index (χ2v) is 5.11. The van der Waals surface area contributed by atoms with Crippen LogP contribution in [0.2, 0.25) is 0 Å². The molecule has 0 bridgehead atoms. The Morgan fingerprint density at radius 2 is 2.17 bits per heavy atom. The number of aryl methyl sites for hydroxylation is 2. The molecule has 1 aromatic heterocycles. The fourth-order valence-corrected chi connectivity index (χ4v) is 2.16. The van der Waals surface area contributed by atoms with E-state index in [-0.39, 0.29) is 5.91 Å². The number of amides is 1. The van der Waals surface area contributed by atoms with E-state index in [0.717, 1.165) is 24.2 Å². The van der Waals surface area contributed by atoms with E-state index in [1.807, 2.05) is 30.6 Å². The highest BCUT2D eigenvalue weighted by atomic mass is 16.2. The lowest BCUT2D eigenvalue weighted by atomic mass is 10.2. The Labute approximate surface area is 108 Å². The summed E-state index contributed by atoms with van der Waals surface area (Å²) in [7, 11) is 3.83. The number of rotatable bonds is 5. The van der Waals surface area contributed by atoms with E-state index in [2.05, 4.69) is 17.3 Å². The van der Waals surface area contributed by atoms with Gasteiger partial charge in [-0.3, -0.25) is 9.48 Å². The van der Waals surface area contributed by atoms with Crippen LogP contribution in [0.4, 0.5) is 0 Å². The molecule has 100 valence electrons. The first kappa shape index (κ1) is 13.1. The lowest BCUT2D eigenvalue weighted by Crippen LogP contribution is -2.36. The van der Waals surface area contributed by atoms with Crippen molar-refractivity contribution in [3.63, 3.8) is 0 Å². The van der Waals surface area contributed by atoms with Crippen LogP contribution in [0.25, 0.3) is 0 Å². The van der Waals surface area contributed by atoms with Crippen LogP contribution in [0, 0.1) is 13.8 Å². The minimum atomic E-state index is 0.177. The summed E-state index contributed by atoms with van der Waals surface area (Å²) in [6.07, 6.45) is 2.31. The van der Waals surface area contributed by atoms with E-state index in [4.69, 9.17) is 0 Å². The fraction of sp³-hybridized carbons (Fsp3) is 0.692. The average molecular weight is 250 g/mol. The minimum absolute atomic E-state index is 0.177. The van der Waals surface area contributed by atoms with Gasteiger partial charge in [-0.1, -0.05) is 0 Å². The summed E-state index contributed by atoms with van der Waals surface area (Å²) < 4.78 is 1.88. The first-order chi connectivity index (χ1) is 8.50. The van der Waals surface area contributed by atoms with E-state index in [0.29, 0.717) is 19.1 Å². The molecule has 1 aliphatic rings. The van der Waals surface area contributed by atoms with Crippen LogP contribution in [0.3, 0.4) is 0 Å². The average Bonchev–Trinajstić information content (AvgIpc) is 3.12. The summed E-state index contributed by atoms with van der Waals surface area (Å²) >= 11 is 0. The first-order valence-electron chi connectivity index (χ1n) is 6.46. The van der Waals surface area contributed by atoms with E-state index in [1.165, 1.54) is 5.56 Å². The molecule has 1 aliphatic carbocycles. The molecule has 0 aromatic carbocycles. The predicted molar refractivity (Wildman–Crippen MR) is 70.2 cm³/mol. The molecule has 0 radical (unpaired) electrons. The molecule has 0 atom stereocenters. The number of likely N-dealkylation sites (N-methyl/N-ethyl adjacent to an activating group) is 1. The second kappa shape index (κ2) is 5.10.